The predicted octanol–water partition coefficient (Wildman–Crippen LogP) is 4.48. The molecule has 5 heterocycles. The molecule has 166 valence electrons. The molecule has 0 aliphatic carbocycles. The third-order valence-electron chi connectivity index (χ3n) is 5.93. The maximum absolute atomic E-state index is 14.0. The van der Waals surface area contributed by atoms with Crippen molar-refractivity contribution in [1.29, 1.82) is 0 Å². The van der Waals surface area contributed by atoms with Crippen molar-refractivity contribution in [2.75, 3.05) is 13.7 Å². The molecule has 1 N–H and O–H groups in total. The number of pyridine rings is 1. The molecule has 0 unspecified atom stereocenters. The molecule has 0 saturated carbocycles. The topological polar surface area (TPSA) is 69.8 Å². The average molecular weight is 461 g/mol. The summed E-state index contributed by atoms with van der Waals surface area (Å²) in [6.45, 7) is 2.45. The molecule has 4 aromatic heterocycles. The summed E-state index contributed by atoms with van der Waals surface area (Å²) >= 11 is 1.63. The van der Waals surface area contributed by atoms with Crippen LogP contribution in [-0.2, 0) is 20.1 Å². The Morgan fingerprint density at radius 1 is 1.18 bits per heavy atom. The van der Waals surface area contributed by atoms with Crippen molar-refractivity contribution in [3.05, 3.63) is 59.6 Å². The molecule has 7 nitrogen and oxygen atoms in total. The summed E-state index contributed by atoms with van der Waals surface area (Å²) in [4.78, 5) is 5.15. The number of benzene rings is 1. The molecule has 0 atom stereocenters. The van der Waals surface area contributed by atoms with Crippen LogP contribution in [0.4, 0.5) is 4.39 Å². The van der Waals surface area contributed by atoms with Crippen molar-refractivity contribution in [2.24, 2.45) is 7.05 Å². The zero-order valence-electron chi connectivity index (χ0n) is 18.2. The second-order valence-electron chi connectivity index (χ2n) is 8.02. The molecule has 0 saturated heterocycles. The summed E-state index contributed by atoms with van der Waals surface area (Å²) in [6, 6.07) is 8.78. The number of nitrogens with zero attached hydrogens (tertiary/aromatic N) is 5. The van der Waals surface area contributed by atoms with Gasteiger partial charge in [-0.3, -0.25) is 9.36 Å². The van der Waals surface area contributed by atoms with Gasteiger partial charge in [0.2, 0.25) is 0 Å². The van der Waals surface area contributed by atoms with Gasteiger partial charge in [0, 0.05) is 59.2 Å². The van der Waals surface area contributed by atoms with Crippen molar-refractivity contribution in [1.82, 2.24) is 29.9 Å². The zero-order valence-corrected chi connectivity index (χ0v) is 19.0. The first-order valence-corrected chi connectivity index (χ1v) is 11.5. The summed E-state index contributed by atoms with van der Waals surface area (Å²) in [5.41, 5.74) is 6.12. The normalized spacial score (nSPS) is 13.4. The van der Waals surface area contributed by atoms with Crippen LogP contribution in [-0.4, -0.2) is 38.2 Å². The van der Waals surface area contributed by atoms with Crippen LogP contribution in [0.25, 0.3) is 43.9 Å². The van der Waals surface area contributed by atoms with Gasteiger partial charge in [-0.1, -0.05) is 0 Å². The minimum Gasteiger partial charge on any atom is -0.496 e. The summed E-state index contributed by atoms with van der Waals surface area (Å²) in [6.07, 6.45) is 3.78. The average Bonchev–Trinajstić information content (AvgIpc) is 3.57. The van der Waals surface area contributed by atoms with Crippen LogP contribution >= 0.6 is 11.3 Å². The number of hydrogen-bond acceptors (Lipinski definition) is 6. The third-order valence-corrected chi connectivity index (χ3v) is 6.86. The van der Waals surface area contributed by atoms with Gasteiger partial charge in [-0.15, -0.1) is 11.3 Å². The third kappa shape index (κ3) is 3.32. The van der Waals surface area contributed by atoms with Gasteiger partial charge < -0.3 is 10.1 Å². The second kappa shape index (κ2) is 7.79. The highest BCUT2D eigenvalue weighted by atomic mass is 32.1. The van der Waals surface area contributed by atoms with Gasteiger partial charge in [-0.2, -0.15) is 10.2 Å². The summed E-state index contributed by atoms with van der Waals surface area (Å²) in [5, 5.41) is 15.7. The molecule has 1 aromatic carbocycles. The largest absolute Gasteiger partial charge is 0.496 e. The van der Waals surface area contributed by atoms with Gasteiger partial charge in [0.15, 0.2) is 0 Å². The lowest BCUT2D eigenvalue weighted by Crippen LogP contribution is -2.28. The maximum Gasteiger partial charge on any atom is 0.129 e. The maximum atomic E-state index is 14.0. The number of rotatable bonds is 4. The Balaban J connectivity index is 1.69. The molecule has 1 aliphatic rings. The van der Waals surface area contributed by atoms with E-state index in [1.54, 1.807) is 29.2 Å². The van der Waals surface area contributed by atoms with Gasteiger partial charge in [0.25, 0.3) is 0 Å². The van der Waals surface area contributed by atoms with E-state index in [1.807, 2.05) is 24.1 Å². The van der Waals surface area contributed by atoms with Gasteiger partial charge in [0.05, 0.1) is 31.2 Å². The number of aryl methyl sites for hydroxylation is 1. The van der Waals surface area contributed by atoms with Gasteiger partial charge in [-0.05, 0) is 29.6 Å². The van der Waals surface area contributed by atoms with Gasteiger partial charge >= 0.3 is 0 Å². The van der Waals surface area contributed by atoms with E-state index < -0.39 is 0 Å². The van der Waals surface area contributed by atoms with Crippen molar-refractivity contribution >= 4 is 21.4 Å². The van der Waals surface area contributed by atoms with E-state index >= 15 is 0 Å². The smallest absolute Gasteiger partial charge is 0.129 e. The van der Waals surface area contributed by atoms with Crippen LogP contribution in [0.2, 0.25) is 0 Å². The number of aromatic nitrogens is 5. The standard InChI is InChI=1S/C24H21FN6OS/c1-30-13-14(11-27-30)22-18-5-8-33-24(18)21(17-4-3-15(25)9-20(17)32-2)23(28-22)19-10-16-12-26-6-7-31(16)29-19/h3-5,8-11,13,26H,6-7,12H2,1-2H3. The Labute approximate surface area is 193 Å². The fourth-order valence-corrected chi connectivity index (χ4v) is 5.36. The fourth-order valence-electron chi connectivity index (χ4n) is 4.40. The summed E-state index contributed by atoms with van der Waals surface area (Å²) in [5.74, 6) is 0.121. The van der Waals surface area contributed by atoms with E-state index in [0.717, 1.165) is 69.2 Å². The Hall–Kier alpha value is -3.56. The van der Waals surface area contributed by atoms with E-state index in [9.17, 15) is 4.39 Å². The predicted molar refractivity (Wildman–Crippen MR) is 127 cm³/mol. The number of ether oxygens (including phenoxy) is 1. The van der Waals surface area contributed by atoms with Crippen molar-refractivity contribution < 1.29 is 9.13 Å². The Kier molecular flexibility index (Phi) is 4.74. The highest BCUT2D eigenvalue weighted by Crippen LogP contribution is 2.45. The van der Waals surface area contributed by atoms with E-state index in [1.165, 1.54) is 12.1 Å². The second-order valence-corrected chi connectivity index (χ2v) is 8.93. The van der Waals surface area contributed by atoms with Crippen LogP contribution in [0.5, 0.6) is 5.75 Å². The monoisotopic (exact) mass is 460 g/mol. The minimum absolute atomic E-state index is 0.344. The quantitative estimate of drug-likeness (QED) is 0.428. The summed E-state index contributed by atoms with van der Waals surface area (Å²) in [7, 11) is 3.45. The van der Waals surface area contributed by atoms with Crippen LogP contribution < -0.4 is 10.1 Å². The van der Waals surface area contributed by atoms with Crippen molar-refractivity contribution in [3.8, 4) is 39.5 Å². The molecular weight excluding hydrogens is 439 g/mol. The van der Waals surface area contributed by atoms with Crippen molar-refractivity contribution in [2.45, 2.75) is 13.1 Å². The Bertz CT molecular complexity index is 1480. The first-order valence-electron chi connectivity index (χ1n) is 10.6. The van der Waals surface area contributed by atoms with Gasteiger partial charge in [0.1, 0.15) is 23.0 Å². The lowest BCUT2D eigenvalue weighted by Gasteiger charge is -2.15. The van der Waals surface area contributed by atoms with E-state index in [2.05, 4.69) is 27.9 Å². The van der Waals surface area contributed by atoms with Crippen LogP contribution in [0.15, 0.2) is 48.1 Å². The molecule has 0 amide bonds. The number of fused-ring (bicyclic) bond motifs is 2. The fraction of sp³-hybridized carbons (Fsp3) is 0.208. The highest BCUT2D eigenvalue weighted by Gasteiger charge is 2.24. The van der Waals surface area contributed by atoms with Crippen molar-refractivity contribution in [3.63, 3.8) is 0 Å². The number of halogens is 1. The first kappa shape index (κ1) is 20.1. The van der Waals surface area contributed by atoms with E-state index in [4.69, 9.17) is 14.8 Å². The number of thiophene rings is 1. The molecule has 0 bridgehead atoms. The number of methoxy groups -OCH3 is 1. The first-order chi connectivity index (χ1) is 16.1. The van der Waals surface area contributed by atoms with Crippen LogP contribution in [0.3, 0.4) is 0 Å². The van der Waals surface area contributed by atoms with Crippen LogP contribution in [0.1, 0.15) is 5.69 Å². The minimum atomic E-state index is -0.344. The van der Waals surface area contributed by atoms with E-state index in [-0.39, 0.29) is 5.82 Å². The van der Waals surface area contributed by atoms with Crippen LogP contribution in [0, 0.1) is 5.82 Å². The Morgan fingerprint density at radius 2 is 2.09 bits per heavy atom. The molecule has 33 heavy (non-hydrogen) atoms. The number of hydrogen-bond donors (Lipinski definition) is 1. The molecule has 0 radical (unpaired) electrons. The zero-order chi connectivity index (χ0) is 22.5. The molecule has 5 aromatic rings. The molecule has 6 rings (SSSR count). The summed E-state index contributed by atoms with van der Waals surface area (Å²) < 4.78 is 24.5. The molecular formula is C24H21FN6OS. The van der Waals surface area contributed by atoms with E-state index in [0.29, 0.717) is 5.75 Å². The van der Waals surface area contributed by atoms with Gasteiger partial charge in [-0.25, -0.2) is 9.37 Å². The molecule has 0 spiro atoms. The Morgan fingerprint density at radius 3 is 2.88 bits per heavy atom. The molecule has 9 heteroatoms. The lowest BCUT2D eigenvalue weighted by molar-refractivity contribution is 0.413. The SMILES string of the molecule is COc1cc(F)ccc1-c1c(-c2cc3n(n2)CCNC3)nc(-c2cnn(C)c2)c2ccsc12. The lowest BCUT2D eigenvalue weighted by atomic mass is 9.97. The number of nitrogens with one attached hydrogen (secondary N) is 1. The molecule has 0 fully saturated rings. The molecule has 1 aliphatic heterocycles. The highest BCUT2D eigenvalue weighted by molar-refractivity contribution is 7.18.